The average Bonchev–Trinajstić information content (AvgIpc) is 2.01. The van der Waals surface area contributed by atoms with E-state index in [9.17, 15) is 0 Å². The van der Waals surface area contributed by atoms with Gasteiger partial charge in [-0.1, -0.05) is 12.1 Å². The van der Waals surface area contributed by atoms with Gasteiger partial charge < -0.3 is 15.7 Å². The number of hydrogen-bond acceptors (Lipinski definition) is 3. The molecule has 0 atom stereocenters. The molecule has 64 valence electrons. The monoisotopic (exact) mass is 164 g/mol. The molecule has 0 unspecified atom stereocenters. The van der Waals surface area contributed by atoms with Crippen LogP contribution in [0.3, 0.4) is 0 Å². The van der Waals surface area contributed by atoms with Gasteiger partial charge in [0, 0.05) is 13.1 Å². The fourth-order valence-corrected chi connectivity index (χ4v) is 1.43. The van der Waals surface area contributed by atoms with Crippen LogP contribution in [0.1, 0.15) is 0 Å². The van der Waals surface area contributed by atoms with Crippen LogP contribution >= 0.6 is 0 Å². The maximum Gasteiger partial charge on any atom is 0.0889 e. The standard InChI is InChI=1S/C9H12N2O/c10-8-3-1-2-4-9(8)11-5-7(12)6-11/h1-4,7,12H,5-6,10H2. The maximum absolute atomic E-state index is 9.09. The summed E-state index contributed by atoms with van der Waals surface area (Å²) in [7, 11) is 0. The minimum absolute atomic E-state index is 0.176. The predicted octanol–water partition coefficient (Wildman–Crippen LogP) is 0.450. The van der Waals surface area contributed by atoms with E-state index in [4.69, 9.17) is 10.8 Å². The second-order valence-corrected chi connectivity index (χ2v) is 3.12. The van der Waals surface area contributed by atoms with Crippen LogP contribution in [-0.4, -0.2) is 24.3 Å². The predicted molar refractivity (Wildman–Crippen MR) is 49.1 cm³/mol. The summed E-state index contributed by atoms with van der Waals surface area (Å²) in [6.07, 6.45) is -0.176. The number of anilines is 2. The normalized spacial score (nSPS) is 17.6. The lowest BCUT2D eigenvalue weighted by Gasteiger charge is -2.38. The topological polar surface area (TPSA) is 49.5 Å². The zero-order valence-corrected chi connectivity index (χ0v) is 6.77. The third kappa shape index (κ3) is 1.12. The number of hydrogen-bond donors (Lipinski definition) is 2. The van der Waals surface area contributed by atoms with Gasteiger partial charge in [-0.05, 0) is 12.1 Å². The Bertz CT molecular complexity index is 282. The molecule has 0 amide bonds. The molecule has 2 rings (SSSR count). The molecule has 3 nitrogen and oxygen atoms in total. The van der Waals surface area contributed by atoms with Gasteiger partial charge in [-0.15, -0.1) is 0 Å². The number of nitrogens with two attached hydrogens (primary N) is 1. The fourth-order valence-electron chi connectivity index (χ4n) is 1.43. The lowest BCUT2D eigenvalue weighted by molar-refractivity contribution is 0.142. The molecular formula is C9H12N2O. The van der Waals surface area contributed by atoms with Crippen molar-refractivity contribution in [2.45, 2.75) is 6.10 Å². The Kier molecular flexibility index (Phi) is 1.66. The van der Waals surface area contributed by atoms with Crippen molar-refractivity contribution in [2.75, 3.05) is 23.7 Å². The number of rotatable bonds is 1. The van der Waals surface area contributed by atoms with Crippen LogP contribution in [0.15, 0.2) is 24.3 Å². The van der Waals surface area contributed by atoms with Crippen LogP contribution in [0.4, 0.5) is 11.4 Å². The Balaban J connectivity index is 2.18. The molecule has 1 saturated heterocycles. The molecule has 1 aromatic rings. The van der Waals surface area contributed by atoms with Gasteiger partial charge in [0.05, 0.1) is 17.5 Å². The van der Waals surface area contributed by atoms with Crippen molar-refractivity contribution in [3.05, 3.63) is 24.3 Å². The second kappa shape index (κ2) is 2.68. The van der Waals surface area contributed by atoms with E-state index < -0.39 is 0 Å². The molecule has 0 spiro atoms. The summed E-state index contributed by atoms with van der Waals surface area (Å²) in [4.78, 5) is 2.07. The number of para-hydroxylation sites is 2. The zero-order valence-electron chi connectivity index (χ0n) is 6.77. The molecule has 0 bridgehead atoms. The molecule has 0 saturated carbocycles. The Morgan fingerprint density at radius 2 is 2.00 bits per heavy atom. The van der Waals surface area contributed by atoms with E-state index in [-0.39, 0.29) is 6.10 Å². The number of β-amino-alcohol motifs (C(OH)–C–C–N with tert-alkyl or cyclic N) is 1. The molecule has 1 fully saturated rings. The van der Waals surface area contributed by atoms with Crippen LogP contribution in [0.2, 0.25) is 0 Å². The maximum atomic E-state index is 9.09. The van der Waals surface area contributed by atoms with Crippen molar-refractivity contribution in [3.8, 4) is 0 Å². The first-order chi connectivity index (χ1) is 5.77. The van der Waals surface area contributed by atoms with E-state index >= 15 is 0 Å². The Hall–Kier alpha value is -1.22. The van der Waals surface area contributed by atoms with Crippen LogP contribution in [0.5, 0.6) is 0 Å². The molecule has 0 aliphatic carbocycles. The van der Waals surface area contributed by atoms with Gasteiger partial charge >= 0.3 is 0 Å². The molecule has 3 heteroatoms. The summed E-state index contributed by atoms with van der Waals surface area (Å²) in [6.45, 7) is 1.41. The lowest BCUT2D eigenvalue weighted by atomic mass is 10.1. The number of benzene rings is 1. The molecule has 3 N–H and O–H groups in total. The van der Waals surface area contributed by atoms with Crippen molar-refractivity contribution in [2.24, 2.45) is 0 Å². The van der Waals surface area contributed by atoms with Crippen LogP contribution in [-0.2, 0) is 0 Å². The van der Waals surface area contributed by atoms with Gasteiger partial charge in [0.1, 0.15) is 0 Å². The molecule has 12 heavy (non-hydrogen) atoms. The second-order valence-electron chi connectivity index (χ2n) is 3.12. The summed E-state index contributed by atoms with van der Waals surface area (Å²) < 4.78 is 0. The number of nitrogen functional groups attached to an aromatic ring is 1. The van der Waals surface area contributed by atoms with Crippen LogP contribution in [0, 0.1) is 0 Å². The summed E-state index contributed by atoms with van der Waals surface area (Å²) >= 11 is 0. The molecule has 1 aliphatic heterocycles. The van der Waals surface area contributed by atoms with E-state index in [0.29, 0.717) is 13.1 Å². The molecule has 1 heterocycles. The molecule has 0 radical (unpaired) electrons. The Morgan fingerprint density at radius 3 is 2.58 bits per heavy atom. The van der Waals surface area contributed by atoms with Gasteiger partial charge in [-0.3, -0.25) is 0 Å². The lowest BCUT2D eigenvalue weighted by Crippen LogP contribution is -2.51. The smallest absolute Gasteiger partial charge is 0.0889 e. The SMILES string of the molecule is Nc1ccccc1N1CC(O)C1. The van der Waals surface area contributed by atoms with Gasteiger partial charge in [-0.25, -0.2) is 0 Å². The Labute approximate surface area is 71.4 Å². The minimum Gasteiger partial charge on any atom is -0.397 e. The minimum atomic E-state index is -0.176. The first-order valence-electron chi connectivity index (χ1n) is 4.05. The van der Waals surface area contributed by atoms with Crippen molar-refractivity contribution in [3.63, 3.8) is 0 Å². The third-order valence-electron chi connectivity index (χ3n) is 2.14. The van der Waals surface area contributed by atoms with Gasteiger partial charge in [0.15, 0.2) is 0 Å². The van der Waals surface area contributed by atoms with Crippen molar-refractivity contribution >= 4 is 11.4 Å². The average molecular weight is 164 g/mol. The van der Waals surface area contributed by atoms with Crippen LogP contribution < -0.4 is 10.6 Å². The number of nitrogens with zero attached hydrogens (tertiary/aromatic N) is 1. The van der Waals surface area contributed by atoms with Crippen molar-refractivity contribution < 1.29 is 5.11 Å². The highest BCUT2D eigenvalue weighted by Crippen LogP contribution is 2.26. The van der Waals surface area contributed by atoms with E-state index in [1.54, 1.807) is 0 Å². The highest BCUT2D eigenvalue weighted by atomic mass is 16.3. The largest absolute Gasteiger partial charge is 0.397 e. The number of aliphatic hydroxyl groups is 1. The summed E-state index contributed by atoms with van der Waals surface area (Å²) in [6, 6.07) is 7.71. The summed E-state index contributed by atoms with van der Waals surface area (Å²) in [5.41, 5.74) is 7.57. The van der Waals surface area contributed by atoms with Crippen molar-refractivity contribution in [1.82, 2.24) is 0 Å². The highest BCUT2D eigenvalue weighted by Gasteiger charge is 2.25. The summed E-state index contributed by atoms with van der Waals surface area (Å²) in [5, 5.41) is 9.09. The number of aliphatic hydroxyl groups excluding tert-OH is 1. The highest BCUT2D eigenvalue weighted by molar-refractivity contribution is 5.68. The first kappa shape index (κ1) is 7.43. The van der Waals surface area contributed by atoms with E-state index in [1.165, 1.54) is 0 Å². The first-order valence-corrected chi connectivity index (χ1v) is 4.05. The van der Waals surface area contributed by atoms with E-state index in [2.05, 4.69) is 4.90 Å². The van der Waals surface area contributed by atoms with E-state index in [1.807, 2.05) is 24.3 Å². The van der Waals surface area contributed by atoms with Gasteiger partial charge in [0.25, 0.3) is 0 Å². The fraction of sp³-hybridized carbons (Fsp3) is 0.333. The van der Waals surface area contributed by atoms with E-state index in [0.717, 1.165) is 11.4 Å². The summed E-state index contributed by atoms with van der Waals surface area (Å²) in [5.74, 6) is 0. The Morgan fingerprint density at radius 1 is 1.33 bits per heavy atom. The quantitative estimate of drug-likeness (QED) is 0.592. The van der Waals surface area contributed by atoms with Crippen LogP contribution in [0.25, 0.3) is 0 Å². The zero-order chi connectivity index (χ0) is 8.55. The molecular weight excluding hydrogens is 152 g/mol. The van der Waals surface area contributed by atoms with Gasteiger partial charge in [-0.2, -0.15) is 0 Å². The van der Waals surface area contributed by atoms with Gasteiger partial charge in [0.2, 0.25) is 0 Å². The molecule has 1 aliphatic rings. The molecule has 1 aromatic carbocycles. The third-order valence-corrected chi connectivity index (χ3v) is 2.14. The molecule has 0 aromatic heterocycles. The van der Waals surface area contributed by atoms with Crippen molar-refractivity contribution in [1.29, 1.82) is 0 Å².